The highest BCUT2D eigenvalue weighted by atomic mass is 35.5. The molecule has 166 valence electrons. The van der Waals surface area contributed by atoms with E-state index < -0.39 is 0 Å². The molecule has 1 fully saturated rings. The minimum atomic E-state index is -0.363. The number of rotatable bonds is 3. The summed E-state index contributed by atoms with van der Waals surface area (Å²) in [5.41, 5.74) is 3.18. The molecule has 5 rings (SSSR count). The largest absolute Gasteiger partial charge is 0.365 e. The fourth-order valence-electron chi connectivity index (χ4n) is 4.20. The summed E-state index contributed by atoms with van der Waals surface area (Å²) >= 11 is 6.46. The molecule has 8 heteroatoms. The lowest BCUT2D eigenvalue weighted by atomic mass is 10.1. The first-order valence-electron chi connectivity index (χ1n) is 10.8. The Balaban J connectivity index is 1.35. The van der Waals surface area contributed by atoms with E-state index in [1.165, 1.54) is 4.68 Å². The minimum absolute atomic E-state index is 0.0138. The molecule has 2 aromatic heterocycles. The van der Waals surface area contributed by atoms with E-state index in [1.807, 2.05) is 65.3 Å². The maximum absolute atomic E-state index is 13.3. The standard InChI is InChI=1S/C25H22ClN5O2/c1-17-15-20(19-9-5-6-10-21(19)28-17)24(32)30-13-11-29(12-14-30)22-16-27-31(25(33)23(22)26)18-7-3-2-4-8-18/h2-10,15-16H,11-14H2,1H3. The van der Waals surface area contributed by atoms with Gasteiger partial charge < -0.3 is 9.80 Å². The maximum atomic E-state index is 13.3. The Morgan fingerprint density at radius 3 is 2.42 bits per heavy atom. The van der Waals surface area contributed by atoms with Crippen LogP contribution in [0.15, 0.2) is 71.7 Å². The molecule has 1 aliphatic rings. The molecule has 33 heavy (non-hydrogen) atoms. The number of aromatic nitrogens is 3. The van der Waals surface area contributed by atoms with Crippen molar-refractivity contribution in [3.8, 4) is 5.69 Å². The SMILES string of the molecule is Cc1cc(C(=O)N2CCN(c3cnn(-c4ccccc4)c(=O)c3Cl)CC2)c2ccccc2n1. The van der Waals surface area contributed by atoms with Crippen LogP contribution >= 0.6 is 11.6 Å². The number of piperazine rings is 1. The van der Waals surface area contributed by atoms with Gasteiger partial charge in [0.05, 0.1) is 28.7 Å². The average Bonchev–Trinajstić information content (AvgIpc) is 2.85. The first-order valence-corrected chi connectivity index (χ1v) is 11.1. The summed E-state index contributed by atoms with van der Waals surface area (Å²) in [6, 6.07) is 18.7. The van der Waals surface area contributed by atoms with Gasteiger partial charge in [-0.05, 0) is 31.2 Å². The third-order valence-electron chi connectivity index (χ3n) is 5.88. The highest BCUT2D eigenvalue weighted by Crippen LogP contribution is 2.25. The number of hydrogen-bond donors (Lipinski definition) is 0. The van der Waals surface area contributed by atoms with E-state index in [2.05, 4.69) is 10.1 Å². The van der Waals surface area contributed by atoms with Gasteiger partial charge in [0.1, 0.15) is 5.02 Å². The van der Waals surface area contributed by atoms with E-state index >= 15 is 0 Å². The number of amides is 1. The van der Waals surface area contributed by atoms with Crippen LogP contribution in [0.4, 0.5) is 5.69 Å². The summed E-state index contributed by atoms with van der Waals surface area (Å²) in [6.07, 6.45) is 1.62. The second kappa shape index (κ2) is 8.67. The van der Waals surface area contributed by atoms with Crippen molar-refractivity contribution in [3.05, 3.63) is 93.5 Å². The van der Waals surface area contributed by atoms with Crippen molar-refractivity contribution in [1.29, 1.82) is 0 Å². The van der Waals surface area contributed by atoms with E-state index in [-0.39, 0.29) is 16.5 Å². The second-order valence-electron chi connectivity index (χ2n) is 8.00. The molecule has 0 radical (unpaired) electrons. The van der Waals surface area contributed by atoms with Gasteiger partial charge in [0.2, 0.25) is 0 Å². The fraction of sp³-hybridized carbons (Fsp3) is 0.200. The highest BCUT2D eigenvalue weighted by Gasteiger charge is 2.26. The molecule has 0 bridgehead atoms. The average molecular weight is 460 g/mol. The molecular formula is C25H22ClN5O2. The van der Waals surface area contributed by atoms with Gasteiger partial charge in [-0.1, -0.05) is 48.0 Å². The van der Waals surface area contributed by atoms with E-state index in [0.717, 1.165) is 16.6 Å². The van der Waals surface area contributed by atoms with Crippen molar-refractivity contribution >= 4 is 34.1 Å². The number of fused-ring (bicyclic) bond motifs is 1. The molecule has 1 amide bonds. The quantitative estimate of drug-likeness (QED) is 0.467. The summed E-state index contributed by atoms with van der Waals surface area (Å²) in [4.78, 5) is 34.5. The Labute approximate surface area is 195 Å². The smallest absolute Gasteiger partial charge is 0.292 e. The van der Waals surface area contributed by atoms with Crippen LogP contribution in [0.5, 0.6) is 0 Å². The summed E-state index contributed by atoms with van der Waals surface area (Å²) in [5.74, 6) is -0.0138. The highest BCUT2D eigenvalue weighted by molar-refractivity contribution is 6.33. The third kappa shape index (κ3) is 3.96. The number of para-hydroxylation sites is 2. The summed E-state index contributed by atoms with van der Waals surface area (Å²) in [6.45, 7) is 4.06. The summed E-state index contributed by atoms with van der Waals surface area (Å²) in [7, 11) is 0. The number of carbonyl (C=O) groups excluding carboxylic acids is 1. The predicted octanol–water partition coefficient (Wildman–Crippen LogP) is 3.70. The van der Waals surface area contributed by atoms with E-state index in [4.69, 9.17) is 11.6 Å². The van der Waals surface area contributed by atoms with E-state index in [9.17, 15) is 9.59 Å². The van der Waals surface area contributed by atoms with Gasteiger partial charge in [0.25, 0.3) is 11.5 Å². The number of aryl methyl sites for hydroxylation is 1. The third-order valence-corrected chi connectivity index (χ3v) is 6.24. The normalized spacial score (nSPS) is 14.0. The molecule has 0 saturated carbocycles. The Morgan fingerprint density at radius 1 is 0.970 bits per heavy atom. The molecule has 2 aromatic carbocycles. The fourth-order valence-corrected chi connectivity index (χ4v) is 4.45. The zero-order valence-electron chi connectivity index (χ0n) is 18.1. The molecule has 1 aliphatic heterocycles. The first kappa shape index (κ1) is 21.2. The lowest BCUT2D eigenvalue weighted by molar-refractivity contribution is 0.0748. The zero-order chi connectivity index (χ0) is 22.9. The first-order chi connectivity index (χ1) is 16.0. The number of benzene rings is 2. The van der Waals surface area contributed by atoms with Gasteiger partial charge in [-0.3, -0.25) is 14.6 Å². The number of anilines is 1. The number of pyridine rings is 1. The van der Waals surface area contributed by atoms with Gasteiger partial charge in [0, 0.05) is 37.3 Å². The molecule has 0 aliphatic carbocycles. The predicted molar refractivity (Wildman–Crippen MR) is 129 cm³/mol. The topological polar surface area (TPSA) is 71.3 Å². The van der Waals surface area contributed by atoms with Crippen LogP contribution in [-0.2, 0) is 0 Å². The van der Waals surface area contributed by atoms with E-state index in [1.54, 1.807) is 18.3 Å². The summed E-state index contributed by atoms with van der Waals surface area (Å²) < 4.78 is 1.29. The van der Waals surface area contributed by atoms with Crippen molar-refractivity contribution in [3.63, 3.8) is 0 Å². The number of carbonyl (C=O) groups is 1. The van der Waals surface area contributed by atoms with Crippen LogP contribution in [0.1, 0.15) is 16.1 Å². The van der Waals surface area contributed by atoms with Crippen LogP contribution in [-0.4, -0.2) is 51.8 Å². The van der Waals surface area contributed by atoms with Crippen LogP contribution in [0.25, 0.3) is 16.6 Å². The molecule has 0 N–H and O–H groups in total. The molecule has 3 heterocycles. The van der Waals surface area contributed by atoms with Crippen molar-refractivity contribution < 1.29 is 4.79 Å². The Bertz CT molecular complexity index is 1400. The monoisotopic (exact) mass is 459 g/mol. The number of nitrogens with zero attached hydrogens (tertiary/aromatic N) is 5. The Hall–Kier alpha value is -3.71. The van der Waals surface area contributed by atoms with Gasteiger partial charge >= 0.3 is 0 Å². The van der Waals surface area contributed by atoms with Crippen LogP contribution in [0.2, 0.25) is 5.02 Å². The second-order valence-corrected chi connectivity index (χ2v) is 8.38. The van der Waals surface area contributed by atoms with E-state index in [0.29, 0.717) is 43.1 Å². The minimum Gasteiger partial charge on any atom is -0.365 e. The van der Waals surface area contributed by atoms with Crippen molar-refractivity contribution in [2.75, 3.05) is 31.1 Å². The van der Waals surface area contributed by atoms with Crippen molar-refractivity contribution in [2.24, 2.45) is 0 Å². The molecule has 7 nitrogen and oxygen atoms in total. The maximum Gasteiger partial charge on any atom is 0.292 e. The van der Waals surface area contributed by atoms with Crippen LogP contribution in [0, 0.1) is 6.92 Å². The van der Waals surface area contributed by atoms with Gasteiger partial charge in [0.15, 0.2) is 0 Å². The Morgan fingerprint density at radius 2 is 1.67 bits per heavy atom. The molecular weight excluding hydrogens is 438 g/mol. The van der Waals surface area contributed by atoms with Crippen LogP contribution in [0.3, 0.4) is 0 Å². The van der Waals surface area contributed by atoms with Crippen LogP contribution < -0.4 is 10.5 Å². The van der Waals surface area contributed by atoms with Gasteiger partial charge in [-0.2, -0.15) is 9.78 Å². The summed E-state index contributed by atoms with van der Waals surface area (Å²) in [5, 5.41) is 5.30. The molecule has 4 aromatic rings. The number of hydrogen-bond acceptors (Lipinski definition) is 5. The van der Waals surface area contributed by atoms with Crippen molar-refractivity contribution in [2.45, 2.75) is 6.92 Å². The van der Waals surface area contributed by atoms with Crippen molar-refractivity contribution in [1.82, 2.24) is 19.7 Å². The lowest BCUT2D eigenvalue weighted by Gasteiger charge is -2.36. The molecule has 0 unspecified atom stereocenters. The zero-order valence-corrected chi connectivity index (χ0v) is 18.9. The lowest BCUT2D eigenvalue weighted by Crippen LogP contribution is -2.49. The van der Waals surface area contributed by atoms with Gasteiger partial charge in [-0.15, -0.1) is 0 Å². The molecule has 0 atom stereocenters. The molecule has 0 spiro atoms. The van der Waals surface area contributed by atoms with Gasteiger partial charge in [-0.25, -0.2) is 0 Å². The number of halogens is 1. The molecule has 1 saturated heterocycles. The Kier molecular flexibility index (Phi) is 5.56.